The number of aliphatic hydroxyl groups is 1. The van der Waals surface area contributed by atoms with Crippen LogP contribution in [0.4, 0.5) is 0 Å². The van der Waals surface area contributed by atoms with Gasteiger partial charge >= 0.3 is 0 Å². The molecule has 1 saturated carbocycles. The Hall–Kier alpha value is -2.28. The topological polar surface area (TPSA) is 73.2 Å². The Morgan fingerprint density at radius 3 is 2.92 bits per heavy atom. The van der Waals surface area contributed by atoms with Crippen LogP contribution in [0.2, 0.25) is 0 Å². The first kappa shape index (κ1) is 26.0. The van der Waals surface area contributed by atoms with Crippen LogP contribution in [0.5, 0.6) is 11.5 Å². The van der Waals surface area contributed by atoms with Gasteiger partial charge in [0, 0.05) is 34.6 Å². The largest absolute Gasteiger partial charge is 0.504 e. The molecule has 1 spiro atoms. The van der Waals surface area contributed by atoms with Crippen LogP contribution in [0.3, 0.4) is 0 Å². The van der Waals surface area contributed by atoms with Crippen LogP contribution >= 0.6 is 22.6 Å². The molecule has 2 N–H and O–H groups in total. The number of carbonyl (C=O) groups is 1. The average molecular weight is 627 g/mol. The van der Waals surface area contributed by atoms with Crippen LogP contribution in [0.25, 0.3) is 0 Å². The molecule has 7 heteroatoms. The molecule has 1 saturated heterocycles. The lowest BCUT2D eigenvalue weighted by Gasteiger charge is -2.64. The molecule has 6 rings (SSSR count). The molecule has 2 aromatic rings. The number of amides is 1. The molecule has 200 valence electrons. The van der Waals surface area contributed by atoms with Gasteiger partial charge in [-0.25, -0.2) is 0 Å². The van der Waals surface area contributed by atoms with Crippen molar-refractivity contribution in [1.82, 2.24) is 9.80 Å². The lowest BCUT2D eigenvalue weighted by Crippen LogP contribution is -2.78. The number of aromatic hydroxyl groups is 1. The number of halogens is 1. The molecule has 4 aliphatic rings. The van der Waals surface area contributed by atoms with Gasteiger partial charge in [0.1, 0.15) is 6.10 Å². The van der Waals surface area contributed by atoms with Crippen molar-refractivity contribution >= 4 is 28.5 Å². The quantitative estimate of drug-likeness (QED) is 0.297. The number of phenols is 1. The summed E-state index contributed by atoms with van der Waals surface area (Å²) >= 11 is 2.32. The van der Waals surface area contributed by atoms with Gasteiger partial charge < -0.3 is 19.8 Å². The van der Waals surface area contributed by atoms with Gasteiger partial charge in [0.2, 0.25) is 0 Å². The fourth-order valence-corrected chi connectivity index (χ4v) is 8.20. The van der Waals surface area contributed by atoms with Crippen LogP contribution in [-0.2, 0) is 21.1 Å². The molecule has 38 heavy (non-hydrogen) atoms. The van der Waals surface area contributed by atoms with Gasteiger partial charge in [-0.1, -0.05) is 60.1 Å². The van der Waals surface area contributed by atoms with E-state index in [0.29, 0.717) is 18.6 Å². The number of unbranched alkanes of at least 4 members (excludes halogenated alkanes) is 1. The van der Waals surface area contributed by atoms with Crippen molar-refractivity contribution in [2.45, 2.75) is 79.1 Å². The van der Waals surface area contributed by atoms with Gasteiger partial charge in [-0.2, -0.15) is 0 Å². The van der Waals surface area contributed by atoms with Crippen LogP contribution in [0.1, 0.15) is 61.3 Å². The number of ether oxygens (including phenoxy) is 1. The summed E-state index contributed by atoms with van der Waals surface area (Å²) in [6, 6.07) is 11.4. The Balaban J connectivity index is 1.36. The molecule has 5 atom stereocenters. The number of benzene rings is 2. The standard InChI is InChI=1S/C31H35IN2O4/c1-3-4-15-34-16-14-30-27-22-9-10-24(35)28(27)38-29(30)23(12-13-31(30,37)25(34)18-22)33(2)26(36)11-8-20-6-5-7-21(17-20)19-32/h5-7,9-10,17,23,25,29,35,37H,3-4,12-16,18-19H2,1-2H3/t23-,25-,29+,30+,31-/m1/s1. The first-order valence-electron chi connectivity index (χ1n) is 13.8. The highest BCUT2D eigenvalue weighted by atomic mass is 127. The van der Waals surface area contributed by atoms with E-state index in [1.807, 2.05) is 24.3 Å². The maximum Gasteiger partial charge on any atom is 0.298 e. The van der Waals surface area contributed by atoms with E-state index in [2.05, 4.69) is 52.3 Å². The van der Waals surface area contributed by atoms with E-state index in [-0.39, 0.29) is 23.7 Å². The third kappa shape index (κ3) is 3.70. The molecular weight excluding hydrogens is 591 g/mol. The summed E-state index contributed by atoms with van der Waals surface area (Å²) in [5.74, 6) is 6.26. The second-order valence-electron chi connectivity index (χ2n) is 11.3. The Labute approximate surface area is 238 Å². The van der Waals surface area contributed by atoms with Crippen molar-refractivity contribution in [2.24, 2.45) is 0 Å². The van der Waals surface area contributed by atoms with Crippen molar-refractivity contribution in [3.05, 3.63) is 58.7 Å². The Morgan fingerprint density at radius 1 is 1.29 bits per heavy atom. The van der Waals surface area contributed by atoms with Crippen LogP contribution in [0, 0.1) is 11.8 Å². The van der Waals surface area contributed by atoms with Crippen LogP contribution in [0.15, 0.2) is 36.4 Å². The van der Waals surface area contributed by atoms with Gasteiger partial charge in [0.15, 0.2) is 11.5 Å². The van der Waals surface area contributed by atoms with Gasteiger partial charge in [-0.05, 0) is 74.5 Å². The van der Waals surface area contributed by atoms with Crippen molar-refractivity contribution in [3.63, 3.8) is 0 Å². The second-order valence-corrected chi connectivity index (χ2v) is 12.1. The van der Waals surface area contributed by atoms with Crippen LogP contribution in [-0.4, -0.2) is 69.8 Å². The molecule has 2 bridgehead atoms. The van der Waals surface area contributed by atoms with Crippen molar-refractivity contribution in [3.8, 4) is 23.3 Å². The molecular formula is C31H35IN2O4. The van der Waals surface area contributed by atoms with Crippen molar-refractivity contribution in [2.75, 3.05) is 20.1 Å². The summed E-state index contributed by atoms with van der Waals surface area (Å²) in [5, 5.41) is 23.4. The highest BCUT2D eigenvalue weighted by Crippen LogP contribution is 2.65. The number of rotatable bonds is 5. The van der Waals surface area contributed by atoms with E-state index in [0.717, 1.165) is 59.9 Å². The fraction of sp³-hybridized carbons (Fsp3) is 0.516. The number of carbonyl (C=O) groups excluding carboxylic acids is 1. The molecule has 6 nitrogen and oxygen atoms in total. The second kappa shape index (κ2) is 9.72. The van der Waals surface area contributed by atoms with Gasteiger partial charge in [0.05, 0.1) is 17.1 Å². The van der Waals surface area contributed by atoms with E-state index in [4.69, 9.17) is 4.74 Å². The van der Waals surface area contributed by atoms with E-state index in [1.165, 1.54) is 5.56 Å². The Bertz CT molecular complexity index is 1330. The number of likely N-dealkylation sites (tertiary alicyclic amines) is 1. The normalized spacial score (nSPS) is 30.6. The maximum atomic E-state index is 13.4. The molecule has 2 heterocycles. The van der Waals surface area contributed by atoms with E-state index < -0.39 is 17.1 Å². The summed E-state index contributed by atoms with van der Waals surface area (Å²) < 4.78 is 7.48. The summed E-state index contributed by atoms with van der Waals surface area (Å²) in [5.41, 5.74) is 2.51. The first-order chi connectivity index (χ1) is 18.3. The third-order valence-corrected chi connectivity index (χ3v) is 10.4. The lowest BCUT2D eigenvalue weighted by atomic mass is 9.48. The molecule has 1 amide bonds. The monoisotopic (exact) mass is 626 g/mol. The number of phenolic OH excluding ortho intramolecular Hbond substituents is 1. The zero-order valence-electron chi connectivity index (χ0n) is 22.0. The summed E-state index contributed by atoms with van der Waals surface area (Å²) in [7, 11) is 1.80. The number of alkyl halides is 1. The smallest absolute Gasteiger partial charge is 0.298 e. The minimum atomic E-state index is -0.971. The molecule has 0 radical (unpaired) electrons. The Kier molecular flexibility index (Phi) is 6.64. The van der Waals surface area contributed by atoms with Crippen LogP contribution < -0.4 is 4.74 Å². The molecule has 0 aromatic heterocycles. The van der Waals surface area contributed by atoms with Crippen molar-refractivity contribution < 1.29 is 19.7 Å². The van der Waals surface area contributed by atoms with Gasteiger partial charge in [-0.3, -0.25) is 9.69 Å². The summed E-state index contributed by atoms with van der Waals surface area (Å²) in [6.45, 7) is 4.05. The SMILES string of the molecule is CCCCN1CC[C@]23c4c5ccc(O)c4O[C@H]2[C@H](N(C)C(=O)C#Cc2cccc(CI)c2)CC[C@@]3(O)[C@H]1C5. The predicted molar refractivity (Wildman–Crippen MR) is 155 cm³/mol. The van der Waals surface area contributed by atoms with E-state index >= 15 is 0 Å². The minimum Gasteiger partial charge on any atom is -0.504 e. The van der Waals surface area contributed by atoms with E-state index in [1.54, 1.807) is 18.0 Å². The predicted octanol–water partition coefficient (Wildman–Crippen LogP) is 4.16. The summed E-state index contributed by atoms with van der Waals surface area (Å²) in [6.07, 6.45) is 4.49. The lowest BCUT2D eigenvalue weighted by molar-refractivity contribution is -0.199. The molecule has 2 aromatic carbocycles. The average Bonchev–Trinajstić information content (AvgIpc) is 3.28. The zero-order chi connectivity index (χ0) is 26.7. The van der Waals surface area contributed by atoms with Gasteiger partial charge in [-0.15, -0.1) is 0 Å². The molecule has 2 aliphatic heterocycles. The molecule has 2 fully saturated rings. The van der Waals surface area contributed by atoms with Crippen molar-refractivity contribution in [1.29, 1.82) is 0 Å². The fourth-order valence-electron chi connectivity index (χ4n) is 7.73. The molecule has 2 aliphatic carbocycles. The zero-order valence-corrected chi connectivity index (χ0v) is 24.2. The number of hydrogen-bond acceptors (Lipinski definition) is 5. The number of likely N-dealkylation sites (N-methyl/N-ethyl adjacent to an activating group) is 1. The van der Waals surface area contributed by atoms with Gasteiger partial charge in [0.25, 0.3) is 5.91 Å². The molecule has 0 unspecified atom stereocenters. The Morgan fingerprint density at radius 2 is 2.13 bits per heavy atom. The third-order valence-electron chi connectivity index (χ3n) is 9.55. The van der Waals surface area contributed by atoms with E-state index in [9.17, 15) is 15.0 Å². The highest BCUT2D eigenvalue weighted by molar-refractivity contribution is 14.1. The highest BCUT2D eigenvalue weighted by Gasteiger charge is 2.73. The number of hydrogen-bond donors (Lipinski definition) is 2. The number of nitrogens with zero attached hydrogens (tertiary/aromatic N) is 2. The summed E-state index contributed by atoms with van der Waals surface area (Å²) in [4.78, 5) is 17.5. The first-order valence-corrected chi connectivity index (χ1v) is 15.3. The number of piperidine rings is 1. The minimum absolute atomic E-state index is 0.00354. The maximum absolute atomic E-state index is 13.4.